The van der Waals surface area contributed by atoms with E-state index < -0.39 is 0 Å². The molecule has 0 atom stereocenters. The highest BCUT2D eigenvalue weighted by atomic mass is 79.9. The number of imidazole rings is 1. The quantitative estimate of drug-likeness (QED) is 0.855. The third-order valence-corrected chi connectivity index (χ3v) is 2.48. The zero-order valence-electron chi connectivity index (χ0n) is 7.58. The van der Waals surface area contributed by atoms with Crippen LogP contribution < -0.4 is 0 Å². The molecule has 15 heavy (non-hydrogen) atoms. The average molecular weight is 261 g/mol. The molecule has 1 aromatic carbocycles. The van der Waals surface area contributed by atoms with Crippen molar-refractivity contribution in [2.75, 3.05) is 0 Å². The van der Waals surface area contributed by atoms with E-state index in [2.05, 4.69) is 32.0 Å². The van der Waals surface area contributed by atoms with Gasteiger partial charge >= 0.3 is 0 Å². The molecule has 0 radical (unpaired) electrons. The largest absolute Gasteiger partial charge is 0.332 e. The molecule has 0 saturated carbocycles. The summed E-state index contributed by atoms with van der Waals surface area (Å²) in [6.45, 7) is 0. The van der Waals surface area contributed by atoms with Crippen molar-refractivity contribution < 1.29 is 0 Å². The molecule has 0 aliphatic carbocycles. The summed E-state index contributed by atoms with van der Waals surface area (Å²) in [7, 11) is 0. The molecule has 1 heterocycles. The van der Waals surface area contributed by atoms with E-state index in [1.165, 1.54) is 0 Å². The van der Waals surface area contributed by atoms with E-state index in [1.54, 1.807) is 12.1 Å². The van der Waals surface area contributed by atoms with Gasteiger partial charge in [0.15, 0.2) is 4.73 Å². The monoisotopic (exact) mass is 260 g/mol. The number of aromatic amines is 1. The van der Waals surface area contributed by atoms with Crippen LogP contribution in [-0.4, -0.2) is 9.97 Å². The molecule has 0 spiro atoms. The van der Waals surface area contributed by atoms with Crippen molar-refractivity contribution in [3.8, 4) is 12.1 Å². The number of fused-ring (bicyclic) bond motifs is 1. The normalized spacial score (nSPS) is 9.80. The molecule has 5 heteroatoms. The van der Waals surface area contributed by atoms with Crippen molar-refractivity contribution >= 4 is 27.0 Å². The van der Waals surface area contributed by atoms with E-state index in [0.29, 0.717) is 21.4 Å². The third-order valence-electron chi connectivity index (χ3n) is 2.11. The molecule has 4 nitrogen and oxygen atoms in total. The van der Waals surface area contributed by atoms with Crippen molar-refractivity contribution in [1.82, 2.24) is 9.97 Å². The predicted octanol–water partition coefficient (Wildman–Crippen LogP) is 2.26. The van der Waals surface area contributed by atoms with Gasteiger partial charge in [-0.1, -0.05) is 0 Å². The maximum atomic E-state index is 8.90. The summed E-state index contributed by atoms with van der Waals surface area (Å²) in [5, 5.41) is 17.6. The number of nitrogens with one attached hydrogen (secondary N) is 1. The van der Waals surface area contributed by atoms with Crippen LogP contribution in [0.1, 0.15) is 11.1 Å². The Labute approximate surface area is 94.3 Å². The van der Waals surface area contributed by atoms with Gasteiger partial charge in [-0.05, 0) is 28.1 Å². The highest BCUT2D eigenvalue weighted by Gasteiger charge is 2.10. The Hall–Kier alpha value is -1.85. The first-order valence-electron chi connectivity index (χ1n) is 4.20. The molecule has 2 rings (SSSR count). The van der Waals surface area contributed by atoms with Crippen molar-refractivity contribution in [3.63, 3.8) is 0 Å². The lowest BCUT2D eigenvalue weighted by Gasteiger charge is -1.98. The van der Waals surface area contributed by atoms with Crippen LogP contribution in [0.15, 0.2) is 16.9 Å². The number of rotatable bonds is 1. The molecular formula is C10H5BrN4. The number of halogens is 1. The molecule has 0 aliphatic rings. The lowest BCUT2D eigenvalue weighted by atomic mass is 10.0. The van der Waals surface area contributed by atoms with Crippen LogP contribution in [0.2, 0.25) is 0 Å². The molecule has 0 saturated heterocycles. The number of H-pyrrole nitrogens is 1. The van der Waals surface area contributed by atoms with Crippen molar-refractivity contribution in [2.24, 2.45) is 0 Å². The predicted molar refractivity (Wildman–Crippen MR) is 57.8 cm³/mol. The number of hydrogen-bond donors (Lipinski definition) is 1. The molecule has 1 N–H and O–H groups in total. The first kappa shape index (κ1) is 9.70. The Kier molecular flexibility index (Phi) is 2.40. The second-order valence-electron chi connectivity index (χ2n) is 2.96. The number of nitriles is 2. The highest BCUT2D eigenvalue weighted by Crippen LogP contribution is 2.22. The van der Waals surface area contributed by atoms with Gasteiger partial charge < -0.3 is 4.98 Å². The van der Waals surface area contributed by atoms with Crippen molar-refractivity contribution in [3.05, 3.63) is 28.0 Å². The lowest BCUT2D eigenvalue weighted by molar-refractivity contribution is 1.23. The first-order chi connectivity index (χ1) is 7.26. The zero-order valence-corrected chi connectivity index (χ0v) is 9.17. The fraction of sp³-hybridized carbons (Fsp3) is 0.100. The van der Waals surface area contributed by atoms with E-state index in [-0.39, 0.29) is 6.42 Å². The third kappa shape index (κ3) is 1.58. The van der Waals surface area contributed by atoms with Gasteiger partial charge in [-0.25, -0.2) is 4.98 Å². The van der Waals surface area contributed by atoms with Gasteiger partial charge in [0.05, 0.1) is 35.2 Å². The number of hydrogen-bond acceptors (Lipinski definition) is 3. The topological polar surface area (TPSA) is 76.3 Å². The van der Waals surface area contributed by atoms with Crippen LogP contribution in [-0.2, 0) is 6.42 Å². The summed E-state index contributed by atoms with van der Waals surface area (Å²) in [4.78, 5) is 7.19. The number of aromatic nitrogens is 2. The fourth-order valence-electron chi connectivity index (χ4n) is 1.46. The molecule has 0 fully saturated rings. The van der Waals surface area contributed by atoms with Crippen LogP contribution in [0.5, 0.6) is 0 Å². The standard InChI is InChI=1S/C10H5BrN4/c11-10-14-8-2-1-6(5-13)7(3-4-12)9(8)15-10/h1-2H,3H2,(H,14,15). The molecule has 0 aliphatic heterocycles. The van der Waals surface area contributed by atoms with Crippen LogP contribution in [0.3, 0.4) is 0 Å². The minimum Gasteiger partial charge on any atom is -0.332 e. The van der Waals surface area contributed by atoms with E-state index in [0.717, 1.165) is 5.52 Å². The zero-order chi connectivity index (χ0) is 10.8. The number of nitrogens with zero attached hydrogens (tertiary/aromatic N) is 3. The summed E-state index contributed by atoms with van der Waals surface area (Å²) >= 11 is 3.22. The van der Waals surface area contributed by atoms with E-state index in [9.17, 15) is 0 Å². The second kappa shape index (κ2) is 3.72. The van der Waals surface area contributed by atoms with E-state index >= 15 is 0 Å². The molecule has 0 amide bonds. The SMILES string of the molecule is N#CCc1c(C#N)ccc2[nH]c(Br)nc12. The highest BCUT2D eigenvalue weighted by molar-refractivity contribution is 9.10. The maximum absolute atomic E-state index is 8.90. The van der Waals surface area contributed by atoms with Crippen molar-refractivity contribution in [1.29, 1.82) is 10.5 Å². The lowest BCUT2D eigenvalue weighted by Crippen LogP contribution is -1.90. The fourth-order valence-corrected chi connectivity index (χ4v) is 1.86. The molecule has 0 unspecified atom stereocenters. The Balaban J connectivity index is 2.80. The minimum absolute atomic E-state index is 0.192. The Bertz CT molecular complexity index is 600. The van der Waals surface area contributed by atoms with Gasteiger partial charge in [0.25, 0.3) is 0 Å². The summed E-state index contributed by atoms with van der Waals surface area (Å²) in [5.41, 5.74) is 2.69. The first-order valence-corrected chi connectivity index (χ1v) is 4.99. The van der Waals surface area contributed by atoms with Gasteiger partial charge in [-0.2, -0.15) is 10.5 Å². The summed E-state index contributed by atoms with van der Waals surface area (Å²) < 4.78 is 0.603. The smallest absolute Gasteiger partial charge is 0.175 e. The van der Waals surface area contributed by atoms with Gasteiger partial charge in [0.1, 0.15) is 0 Å². The molecule has 72 valence electrons. The Morgan fingerprint density at radius 3 is 2.87 bits per heavy atom. The van der Waals surface area contributed by atoms with Crippen molar-refractivity contribution in [2.45, 2.75) is 6.42 Å². The second-order valence-corrected chi connectivity index (χ2v) is 3.71. The average Bonchev–Trinajstić information content (AvgIpc) is 2.60. The molecule has 2 aromatic rings. The van der Waals surface area contributed by atoms with Gasteiger partial charge in [-0.3, -0.25) is 0 Å². The van der Waals surface area contributed by atoms with Crippen LogP contribution in [0.25, 0.3) is 11.0 Å². The summed E-state index contributed by atoms with van der Waals surface area (Å²) in [5.74, 6) is 0. The maximum Gasteiger partial charge on any atom is 0.175 e. The van der Waals surface area contributed by atoms with Gasteiger partial charge in [0.2, 0.25) is 0 Å². The van der Waals surface area contributed by atoms with E-state index in [1.807, 2.05) is 6.07 Å². The Morgan fingerprint density at radius 1 is 1.40 bits per heavy atom. The molecule has 0 bridgehead atoms. The number of benzene rings is 1. The summed E-state index contributed by atoms with van der Waals surface area (Å²) in [6.07, 6.45) is 0.192. The molecule has 1 aromatic heterocycles. The van der Waals surface area contributed by atoms with Crippen LogP contribution in [0, 0.1) is 22.7 Å². The van der Waals surface area contributed by atoms with E-state index in [4.69, 9.17) is 10.5 Å². The Morgan fingerprint density at radius 2 is 2.20 bits per heavy atom. The molecular weight excluding hydrogens is 256 g/mol. The van der Waals surface area contributed by atoms with Crippen LogP contribution in [0.4, 0.5) is 0 Å². The van der Waals surface area contributed by atoms with Gasteiger partial charge in [-0.15, -0.1) is 0 Å². The minimum atomic E-state index is 0.192. The summed E-state index contributed by atoms with van der Waals surface area (Å²) in [6, 6.07) is 7.58. The van der Waals surface area contributed by atoms with Crippen LogP contribution >= 0.6 is 15.9 Å². The van der Waals surface area contributed by atoms with Gasteiger partial charge in [0, 0.05) is 5.56 Å².